The zero-order chi connectivity index (χ0) is 22.2. The van der Waals surface area contributed by atoms with Crippen molar-refractivity contribution in [2.45, 2.75) is 18.0 Å². The Bertz CT molecular complexity index is 1160. The molecule has 0 unspecified atom stereocenters. The number of pyridine rings is 1. The van der Waals surface area contributed by atoms with Crippen LogP contribution < -0.4 is 10.2 Å². The summed E-state index contributed by atoms with van der Waals surface area (Å²) in [4.78, 5) is 33.6. The minimum absolute atomic E-state index is 0.0771. The number of benzene rings is 2. The molecule has 2 N–H and O–H groups in total. The van der Waals surface area contributed by atoms with Crippen LogP contribution >= 0.6 is 0 Å². The van der Waals surface area contributed by atoms with E-state index in [0.717, 1.165) is 11.3 Å². The molecule has 3 heterocycles. The van der Waals surface area contributed by atoms with Gasteiger partial charge in [0, 0.05) is 36.2 Å². The van der Waals surface area contributed by atoms with E-state index in [-0.39, 0.29) is 48.9 Å². The summed E-state index contributed by atoms with van der Waals surface area (Å²) in [7, 11) is 0. The van der Waals surface area contributed by atoms with Crippen molar-refractivity contribution in [1.82, 2.24) is 9.88 Å². The summed E-state index contributed by atoms with van der Waals surface area (Å²) in [6, 6.07) is 15.4. The summed E-state index contributed by atoms with van der Waals surface area (Å²) in [5.74, 6) is -0.688. The molecular weight excluding hydrogens is 411 g/mol. The van der Waals surface area contributed by atoms with Crippen LogP contribution in [0.2, 0.25) is 0 Å². The molecule has 2 aliphatic rings. The van der Waals surface area contributed by atoms with E-state index in [4.69, 9.17) is 0 Å². The molecule has 1 fully saturated rings. The first kappa shape index (κ1) is 20.1. The van der Waals surface area contributed by atoms with Gasteiger partial charge in [0.15, 0.2) is 0 Å². The third-order valence-corrected chi connectivity index (χ3v) is 6.17. The molecule has 3 aromatic rings. The highest BCUT2D eigenvalue weighted by molar-refractivity contribution is 6.03. The summed E-state index contributed by atoms with van der Waals surface area (Å²) < 4.78 is 13.2. The second-order valence-corrected chi connectivity index (χ2v) is 7.90. The molecule has 2 aromatic carbocycles. The summed E-state index contributed by atoms with van der Waals surface area (Å²) in [5, 5.41) is 12.9. The van der Waals surface area contributed by atoms with Crippen LogP contribution in [0, 0.1) is 5.82 Å². The number of aliphatic hydroxyl groups is 1. The fourth-order valence-electron chi connectivity index (χ4n) is 4.72. The Morgan fingerprint density at radius 2 is 1.88 bits per heavy atom. The van der Waals surface area contributed by atoms with E-state index >= 15 is 0 Å². The van der Waals surface area contributed by atoms with Gasteiger partial charge in [-0.15, -0.1) is 0 Å². The Morgan fingerprint density at radius 3 is 2.59 bits per heavy atom. The molecular formula is C24H21FN4O3. The first-order valence-electron chi connectivity index (χ1n) is 10.3. The highest BCUT2D eigenvalue weighted by atomic mass is 19.1. The number of likely N-dealkylation sites (tertiary alicyclic amines) is 1. The number of para-hydroxylation sites is 1. The lowest BCUT2D eigenvalue weighted by molar-refractivity contribution is -0.0241. The summed E-state index contributed by atoms with van der Waals surface area (Å²) in [5.41, 5.74) is 2.55. The smallest absolute Gasteiger partial charge is 0.326 e. The van der Waals surface area contributed by atoms with E-state index in [1.165, 1.54) is 30.5 Å². The van der Waals surface area contributed by atoms with Gasteiger partial charge in [0.1, 0.15) is 5.82 Å². The molecule has 8 heteroatoms. The summed E-state index contributed by atoms with van der Waals surface area (Å²) in [6.45, 7) is 0.0977. The Hall–Kier alpha value is -3.78. The molecule has 0 aliphatic carbocycles. The van der Waals surface area contributed by atoms with Crippen LogP contribution in [-0.4, -0.2) is 52.2 Å². The second kappa shape index (κ2) is 8.05. The number of aliphatic hydroxyl groups excluding tert-OH is 1. The Labute approximate surface area is 184 Å². The number of nitrogens with one attached hydrogen (secondary N) is 1. The summed E-state index contributed by atoms with van der Waals surface area (Å²) >= 11 is 0. The van der Waals surface area contributed by atoms with Gasteiger partial charge in [-0.25, -0.2) is 9.18 Å². The number of hydrogen-bond acceptors (Lipinski definition) is 4. The van der Waals surface area contributed by atoms with Gasteiger partial charge in [-0.2, -0.15) is 0 Å². The van der Waals surface area contributed by atoms with Gasteiger partial charge in [0.2, 0.25) is 0 Å². The van der Waals surface area contributed by atoms with Crippen molar-refractivity contribution in [3.8, 4) is 0 Å². The number of fused-ring (bicyclic) bond motifs is 3. The molecule has 1 aromatic heterocycles. The first-order valence-corrected chi connectivity index (χ1v) is 10.3. The summed E-state index contributed by atoms with van der Waals surface area (Å²) in [6.07, 6.45) is 3.09. The molecule has 1 saturated heterocycles. The Balaban J connectivity index is 1.46. The van der Waals surface area contributed by atoms with Crippen LogP contribution in [-0.2, 0) is 0 Å². The van der Waals surface area contributed by atoms with Crippen LogP contribution in [0.1, 0.15) is 21.8 Å². The maximum absolute atomic E-state index is 13.2. The monoisotopic (exact) mass is 432 g/mol. The van der Waals surface area contributed by atoms with E-state index in [1.54, 1.807) is 28.1 Å². The molecule has 3 atom stereocenters. The lowest BCUT2D eigenvalue weighted by Gasteiger charge is -2.58. The average molecular weight is 432 g/mol. The third kappa shape index (κ3) is 3.29. The predicted molar refractivity (Wildman–Crippen MR) is 117 cm³/mol. The van der Waals surface area contributed by atoms with E-state index in [0.29, 0.717) is 11.3 Å². The van der Waals surface area contributed by atoms with Gasteiger partial charge in [-0.3, -0.25) is 14.7 Å². The van der Waals surface area contributed by atoms with Crippen molar-refractivity contribution in [2.24, 2.45) is 0 Å². The largest absolute Gasteiger partial charge is 0.394 e. The van der Waals surface area contributed by atoms with Crippen molar-refractivity contribution in [3.05, 3.63) is 90.0 Å². The van der Waals surface area contributed by atoms with Crippen molar-refractivity contribution < 1.29 is 19.1 Å². The number of halogens is 1. The van der Waals surface area contributed by atoms with Gasteiger partial charge in [-0.05, 0) is 48.0 Å². The predicted octanol–water partition coefficient (Wildman–Crippen LogP) is 3.24. The zero-order valence-corrected chi connectivity index (χ0v) is 17.1. The van der Waals surface area contributed by atoms with Crippen molar-refractivity contribution in [1.29, 1.82) is 0 Å². The molecule has 0 bridgehead atoms. The Kier molecular flexibility index (Phi) is 5.07. The van der Waals surface area contributed by atoms with Crippen LogP contribution in [0.3, 0.4) is 0 Å². The molecule has 0 spiro atoms. The van der Waals surface area contributed by atoms with Crippen molar-refractivity contribution in [2.75, 3.05) is 23.4 Å². The number of rotatable bonds is 3. The molecule has 3 amide bonds. The van der Waals surface area contributed by atoms with Crippen molar-refractivity contribution >= 4 is 23.3 Å². The van der Waals surface area contributed by atoms with Gasteiger partial charge < -0.3 is 15.3 Å². The number of carbonyl (C=O) groups is 2. The highest BCUT2D eigenvalue weighted by Gasteiger charge is 2.55. The maximum Gasteiger partial charge on any atom is 0.326 e. The Morgan fingerprint density at radius 1 is 1.09 bits per heavy atom. The SMILES string of the molecule is O=C(Nc1ccc(F)cc1)N1C[C@H]2[C@@H](c3ccccc31)[C@@H](CO)N2C(=O)c1cccnc1. The van der Waals surface area contributed by atoms with Crippen LogP contribution in [0.15, 0.2) is 73.1 Å². The first-order chi connectivity index (χ1) is 15.6. The normalized spacial score (nSPS) is 21.2. The number of amides is 3. The number of nitrogens with zero attached hydrogens (tertiary/aromatic N) is 3. The van der Waals surface area contributed by atoms with Crippen LogP contribution in [0.5, 0.6) is 0 Å². The van der Waals surface area contributed by atoms with E-state index in [2.05, 4.69) is 10.3 Å². The number of carbonyl (C=O) groups excluding carboxylic acids is 2. The molecule has 0 radical (unpaired) electrons. The third-order valence-electron chi connectivity index (χ3n) is 6.17. The average Bonchev–Trinajstić information content (AvgIpc) is 2.81. The van der Waals surface area contributed by atoms with E-state index < -0.39 is 0 Å². The second-order valence-electron chi connectivity index (χ2n) is 7.90. The minimum atomic E-state index is -0.386. The lowest BCUT2D eigenvalue weighted by atomic mass is 9.71. The van der Waals surface area contributed by atoms with Crippen LogP contribution in [0.4, 0.5) is 20.6 Å². The fraction of sp³-hybridized carbons (Fsp3) is 0.208. The highest BCUT2D eigenvalue weighted by Crippen LogP contribution is 2.48. The number of aromatic nitrogens is 1. The fourth-order valence-corrected chi connectivity index (χ4v) is 4.72. The van der Waals surface area contributed by atoms with E-state index in [1.807, 2.05) is 24.3 Å². The zero-order valence-electron chi connectivity index (χ0n) is 17.1. The van der Waals surface area contributed by atoms with E-state index in [9.17, 15) is 19.1 Å². The van der Waals surface area contributed by atoms with Gasteiger partial charge in [-0.1, -0.05) is 18.2 Å². The van der Waals surface area contributed by atoms with Crippen molar-refractivity contribution in [3.63, 3.8) is 0 Å². The van der Waals surface area contributed by atoms with Crippen LogP contribution in [0.25, 0.3) is 0 Å². The molecule has 5 rings (SSSR count). The van der Waals surface area contributed by atoms with Gasteiger partial charge in [0.05, 0.1) is 24.3 Å². The minimum Gasteiger partial charge on any atom is -0.394 e. The lowest BCUT2D eigenvalue weighted by Crippen LogP contribution is -2.71. The molecule has 2 aliphatic heterocycles. The molecule has 32 heavy (non-hydrogen) atoms. The molecule has 0 saturated carbocycles. The van der Waals surface area contributed by atoms with Gasteiger partial charge >= 0.3 is 6.03 Å². The number of hydrogen-bond donors (Lipinski definition) is 2. The molecule has 7 nitrogen and oxygen atoms in total. The van der Waals surface area contributed by atoms with Gasteiger partial charge in [0.25, 0.3) is 5.91 Å². The number of anilines is 2. The topological polar surface area (TPSA) is 85.8 Å². The quantitative estimate of drug-likeness (QED) is 0.665. The maximum atomic E-state index is 13.2. The standard InChI is InChI=1S/C24H21FN4O3/c25-16-7-9-17(10-8-16)27-24(32)28-13-20-22(18-5-1-2-6-19(18)28)21(14-30)29(20)23(31)15-4-3-11-26-12-15/h1-12,20-22,30H,13-14H2,(H,27,32)/t20-,21+,22+/m0/s1. The molecule has 162 valence electrons. The number of urea groups is 1.